The van der Waals surface area contributed by atoms with Crippen LogP contribution in [-0.2, 0) is 4.74 Å². The SMILES string of the molecule is COc1c(C)cc(Cl)c(C)c1C(=O)OC(C)C. The van der Waals surface area contributed by atoms with Crippen LogP contribution in [0.2, 0.25) is 5.02 Å². The second-order valence-electron chi connectivity index (χ2n) is 4.16. The third-order valence-corrected chi connectivity index (χ3v) is 2.81. The molecule has 17 heavy (non-hydrogen) atoms. The molecule has 4 heteroatoms. The van der Waals surface area contributed by atoms with Gasteiger partial charge in [0.25, 0.3) is 0 Å². The number of methoxy groups -OCH3 is 1. The van der Waals surface area contributed by atoms with Crippen molar-refractivity contribution in [2.24, 2.45) is 0 Å². The number of carbonyl (C=O) groups is 1. The molecular formula is C13H17ClO3. The van der Waals surface area contributed by atoms with E-state index in [0.29, 0.717) is 21.9 Å². The summed E-state index contributed by atoms with van der Waals surface area (Å²) in [5.74, 6) is 0.123. The van der Waals surface area contributed by atoms with Gasteiger partial charge in [0.15, 0.2) is 0 Å². The fraction of sp³-hybridized carbons (Fsp3) is 0.462. The zero-order chi connectivity index (χ0) is 13.2. The lowest BCUT2D eigenvalue weighted by molar-refractivity contribution is 0.0373. The molecule has 0 saturated heterocycles. The first kappa shape index (κ1) is 13.8. The summed E-state index contributed by atoms with van der Waals surface area (Å²) < 4.78 is 10.4. The Bertz CT molecular complexity index is 439. The van der Waals surface area contributed by atoms with E-state index in [-0.39, 0.29) is 6.10 Å². The summed E-state index contributed by atoms with van der Waals surface area (Å²) in [7, 11) is 1.53. The summed E-state index contributed by atoms with van der Waals surface area (Å²) in [6, 6.07) is 1.78. The van der Waals surface area contributed by atoms with Gasteiger partial charge < -0.3 is 9.47 Å². The van der Waals surface area contributed by atoms with Gasteiger partial charge in [0.2, 0.25) is 0 Å². The highest BCUT2D eigenvalue weighted by atomic mass is 35.5. The van der Waals surface area contributed by atoms with Gasteiger partial charge in [-0.3, -0.25) is 0 Å². The standard InChI is InChI=1S/C13H17ClO3/c1-7(2)17-13(15)11-9(4)10(14)6-8(3)12(11)16-5/h6-7H,1-5H3. The van der Waals surface area contributed by atoms with E-state index in [2.05, 4.69) is 0 Å². The van der Waals surface area contributed by atoms with E-state index < -0.39 is 5.97 Å². The van der Waals surface area contributed by atoms with Crippen LogP contribution in [0.15, 0.2) is 6.07 Å². The number of hydrogen-bond donors (Lipinski definition) is 0. The summed E-state index contributed by atoms with van der Waals surface area (Å²) in [4.78, 5) is 12.0. The Hall–Kier alpha value is -1.22. The number of benzene rings is 1. The topological polar surface area (TPSA) is 35.5 Å². The Balaban J connectivity index is 3.34. The van der Waals surface area contributed by atoms with Gasteiger partial charge in [-0.15, -0.1) is 0 Å². The monoisotopic (exact) mass is 256 g/mol. The van der Waals surface area contributed by atoms with Crippen molar-refractivity contribution in [2.75, 3.05) is 7.11 Å². The quantitative estimate of drug-likeness (QED) is 0.776. The number of esters is 1. The smallest absolute Gasteiger partial charge is 0.342 e. The predicted molar refractivity (Wildman–Crippen MR) is 68.0 cm³/mol. The Labute approximate surface area is 107 Å². The Morgan fingerprint density at radius 3 is 2.41 bits per heavy atom. The Morgan fingerprint density at radius 2 is 1.94 bits per heavy atom. The van der Waals surface area contributed by atoms with Crippen molar-refractivity contribution >= 4 is 17.6 Å². The zero-order valence-electron chi connectivity index (χ0n) is 10.8. The molecule has 0 atom stereocenters. The maximum Gasteiger partial charge on any atom is 0.342 e. The van der Waals surface area contributed by atoms with Crippen molar-refractivity contribution in [3.8, 4) is 5.75 Å². The molecule has 0 amide bonds. The van der Waals surface area contributed by atoms with Gasteiger partial charge in [-0.1, -0.05) is 11.6 Å². The minimum Gasteiger partial charge on any atom is -0.496 e. The molecule has 0 heterocycles. The van der Waals surface area contributed by atoms with Gasteiger partial charge >= 0.3 is 5.97 Å². The lowest BCUT2D eigenvalue weighted by Gasteiger charge is -2.16. The third kappa shape index (κ3) is 2.91. The number of halogens is 1. The first-order chi connectivity index (χ1) is 7.88. The van der Waals surface area contributed by atoms with Gasteiger partial charge in [-0.2, -0.15) is 0 Å². The third-order valence-electron chi connectivity index (χ3n) is 2.41. The van der Waals surface area contributed by atoms with Crippen LogP contribution >= 0.6 is 11.6 Å². The molecule has 1 aromatic rings. The zero-order valence-corrected chi connectivity index (χ0v) is 11.5. The van der Waals surface area contributed by atoms with E-state index >= 15 is 0 Å². The summed E-state index contributed by atoms with van der Waals surface area (Å²) in [5.41, 5.74) is 1.91. The highest BCUT2D eigenvalue weighted by Crippen LogP contribution is 2.32. The lowest BCUT2D eigenvalue weighted by atomic mass is 10.0. The molecule has 0 radical (unpaired) electrons. The van der Waals surface area contributed by atoms with E-state index in [0.717, 1.165) is 5.56 Å². The predicted octanol–water partition coefficient (Wildman–Crippen LogP) is 3.53. The van der Waals surface area contributed by atoms with Crippen LogP contribution in [0.5, 0.6) is 5.75 Å². The number of carbonyl (C=O) groups excluding carboxylic acids is 1. The van der Waals surface area contributed by atoms with E-state index in [1.165, 1.54) is 7.11 Å². The summed E-state index contributed by atoms with van der Waals surface area (Å²) >= 11 is 6.07. The van der Waals surface area contributed by atoms with Gasteiger partial charge in [0, 0.05) is 5.02 Å². The molecule has 0 saturated carbocycles. The Morgan fingerprint density at radius 1 is 1.35 bits per heavy atom. The number of aryl methyl sites for hydroxylation is 1. The maximum atomic E-state index is 12.0. The van der Waals surface area contributed by atoms with Crippen LogP contribution in [-0.4, -0.2) is 19.2 Å². The molecule has 1 rings (SSSR count). The Kier molecular flexibility index (Phi) is 4.40. The van der Waals surface area contributed by atoms with Crippen LogP contribution in [0, 0.1) is 13.8 Å². The minimum absolute atomic E-state index is 0.175. The molecule has 0 aliphatic carbocycles. The van der Waals surface area contributed by atoms with Crippen molar-refractivity contribution in [3.63, 3.8) is 0 Å². The van der Waals surface area contributed by atoms with Crippen LogP contribution in [0.25, 0.3) is 0 Å². The molecule has 3 nitrogen and oxygen atoms in total. The summed E-state index contributed by atoms with van der Waals surface area (Å²) in [5, 5.41) is 0.541. The fourth-order valence-corrected chi connectivity index (χ4v) is 1.89. The first-order valence-electron chi connectivity index (χ1n) is 5.43. The number of ether oxygens (including phenoxy) is 2. The fourth-order valence-electron chi connectivity index (χ4n) is 1.63. The van der Waals surface area contributed by atoms with Crippen molar-refractivity contribution in [2.45, 2.75) is 33.8 Å². The molecule has 0 fully saturated rings. The average molecular weight is 257 g/mol. The second-order valence-corrected chi connectivity index (χ2v) is 4.57. The largest absolute Gasteiger partial charge is 0.496 e. The normalized spacial score (nSPS) is 10.5. The van der Waals surface area contributed by atoms with Crippen LogP contribution in [0.1, 0.15) is 35.3 Å². The molecule has 0 bridgehead atoms. The van der Waals surface area contributed by atoms with Gasteiger partial charge in [0.05, 0.1) is 13.2 Å². The van der Waals surface area contributed by atoms with E-state index in [4.69, 9.17) is 21.1 Å². The van der Waals surface area contributed by atoms with Gasteiger partial charge in [-0.25, -0.2) is 4.79 Å². The molecule has 0 unspecified atom stereocenters. The summed E-state index contributed by atoms with van der Waals surface area (Å²) in [6.07, 6.45) is -0.175. The van der Waals surface area contributed by atoms with E-state index in [1.54, 1.807) is 26.8 Å². The molecule has 0 N–H and O–H groups in total. The van der Waals surface area contributed by atoms with E-state index in [1.807, 2.05) is 6.92 Å². The summed E-state index contributed by atoms with van der Waals surface area (Å²) in [6.45, 7) is 7.23. The van der Waals surface area contributed by atoms with Crippen LogP contribution < -0.4 is 4.74 Å². The highest BCUT2D eigenvalue weighted by Gasteiger charge is 2.21. The van der Waals surface area contributed by atoms with Crippen molar-refractivity contribution in [1.82, 2.24) is 0 Å². The highest BCUT2D eigenvalue weighted by molar-refractivity contribution is 6.32. The lowest BCUT2D eigenvalue weighted by Crippen LogP contribution is -2.14. The number of hydrogen-bond acceptors (Lipinski definition) is 3. The van der Waals surface area contributed by atoms with E-state index in [9.17, 15) is 4.79 Å². The molecular weight excluding hydrogens is 240 g/mol. The minimum atomic E-state index is -0.403. The molecule has 0 aliphatic rings. The van der Waals surface area contributed by atoms with Crippen LogP contribution in [0.4, 0.5) is 0 Å². The molecule has 0 aliphatic heterocycles. The van der Waals surface area contributed by atoms with Gasteiger partial charge in [0.1, 0.15) is 11.3 Å². The molecule has 0 spiro atoms. The molecule has 0 aromatic heterocycles. The first-order valence-corrected chi connectivity index (χ1v) is 5.81. The maximum absolute atomic E-state index is 12.0. The average Bonchev–Trinajstić information content (AvgIpc) is 2.21. The number of rotatable bonds is 3. The molecule has 94 valence electrons. The van der Waals surface area contributed by atoms with Crippen molar-refractivity contribution in [1.29, 1.82) is 0 Å². The molecule has 1 aromatic carbocycles. The second kappa shape index (κ2) is 5.41. The van der Waals surface area contributed by atoms with Gasteiger partial charge in [-0.05, 0) is 44.9 Å². The van der Waals surface area contributed by atoms with Crippen LogP contribution in [0.3, 0.4) is 0 Å². The van der Waals surface area contributed by atoms with Crippen molar-refractivity contribution < 1.29 is 14.3 Å². The van der Waals surface area contributed by atoms with Crippen molar-refractivity contribution in [3.05, 3.63) is 27.8 Å².